The van der Waals surface area contributed by atoms with E-state index >= 15 is 0 Å². The van der Waals surface area contributed by atoms with Gasteiger partial charge >= 0.3 is 6.09 Å². The number of nitrogens with one attached hydrogen (secondary N) is 1. The molecule has 23 heavy (non-hydrogen) atoms. The Bertz CT molecular complexity index is 587. The van der Waals surface area contributed by atoms with Gasteiger partial charge in [0, 0.05) is 18.6 Å². The Morgan fingerprint density at radius 1 is 1.35 bits per heavy atom. The molecule has 4 atom stereocenters. The highest BCUT2D eigenvalue weighted by atomic mass is 35.5. The van der Waals surface area contributed by atoms with Gasteiger partial charge < -0.3 is 15.3 Å². The van der Waals surface area contributed by atoms with Gasteiger partial charge in [-0.25, -0.2) is 4.79 Å². The molecule has 126 valence electrons. The highest BCUT2D eigenvalue weighted by molar-refractivity contribution is 6.29. The zero-order valence-electron chi connectivity index (χ0n) is 13.7. The second-order valence-electron chi connectivity index (χ2n) is 7.72. The molecule has 0 aromatic carbocycles. The number of hydrogen-bond donors (Lipinski definition) is 2. The lowest BCUT2D eigenvalue weighted by molar-refractivity contribution is 0.0896. The number of halogens is 1. The van der Waals surface area contributed by atoms with Crippen molar-refractivity contribution in [2.75, 3.05) is 11.9 Å². The molecule has 1 aromatic heterocycles. The molecule has 1 unspecified atom stereocenters. The van der Waals surface area contributed by atoms with Crippen molar-refractivity contribution < 1.29 is 9.90 Å². The van der Waals surface area contributed by atoms with E-state index in [0.717, 1.165) is 18.7 Å². The summed E-state index contributed by atoms with van der Waals surface area (Å²) in [4.78, 5) is 13.2. The third kappa shape index (κ3) is 3.22. The van der Waals surface area contributed by atoms with Crippen LogP contribution >= 0.6 is 11.6 Å². The second kappa shape index (κ2) is 5.82. The van der Waals surface area contributed by atoms with Gasteiger partial charge in [-0.15, -0.1) is 10.2 Å². The Hall–Kier alpha value is -1.56. The molecule has 1 amide bonds. The molecular formula is C16H23ClN4O2. The Kier molecular flexibility index (Phi) is 4.12. The van der Waals surface area contributed by atoms with E-state index in [4.69, 9.17) is 11.6 Å². The molecule has 1 aliphatic heterocycles. The summed E-state index contributed by atoms with van der Waals surface area (Å²) in [6, 6.07) is 3.92. The van der Waals surface area contributed by atoms with E-state index < -0.39 is 6.09 Å². The zero-order chi connectivity index (χ0) is 16.8. The monoisotopic (exact) mass is 338 g/mol. The minimum absolute atomic E-state index is 0.0627. The largest absolute Gasteiger partial charge is 0.465 e. The first-order valence-corrected chi connectivity index (χ1v) is 8.39. The lowest BCUT2D eigenvalue weighted by Crippen LogP contribution is -2.46. The van der Waals surface area contributed by atoms with E-state index in [1.807, 2.05) is 6.07 Å². The predicted molar refractivity (Wildman–Crippen MR) is 88.6 cm³/mol. The number of carboxylic acid groups (broad SMARTS) is 1. The number of likely N-dealkylation sites (tertiary alicyclic amines) is 1. The summed E-state index contributed by atoms with van der Waals surface area (Å²) in [7, 11) is 0. The van der Waals surface area contributed by atoms with E-state index in [0.29, 0.717) is 29.6 Å². The average Bonchev–Trinajstić information content (AvgIpc) is 2.96. The van der Waals surface area contributed by atoms with Crippen LogP contribution in [0.5, 0.6) is 0 Å². The number of nitrogens with zero attached hydrogens (tertiary/aromatic N) is 3. The molecule has 1 aromatic rings. The van der Waals surface area contributed by atoms with Crippen molar-refractivity contribution in [2.45, 2.75) is 45.7 Å². The minimum atomic E-state index is -0.799. The number of carbonyl (C=O) groups is 1. The summed E-state index contributed by atoms with van der Waals surface area (Å²) in [5.74, 6) is 1.53. The fourth-order valence-electron chi connectivity index (χ4n) is 4.38. The van der Waals surface area contributed by atoms with Gasteiger partial charge in [0.2, 0.25) is 0 Å². The summed E-state index contributed by atoms with van der Waals surface area (Å²) >= 11 is 5.76. The van der Waals surface area contributed by atoms with Gasteiger partial charge in [0.25, 0.3) is 0 Å². The smallest absolute Gasteiger partial charge is 0.407 e. The van der Waals surface area contributed by atoms with Crippen LogP contribution in [0.4, 0.5) is 10.6 Å². The molecule has 7 heteroatoms. The van der Waals surface area contributed by atoms with Crippen molar-refractivity contribution in [1.29, 1.82) is 0 Å². The maximum Gasteiger partial charge on any atom is 0.407 e. The molecule has 1 saturated carbocycles. The van der Waals surface area contributed by atoms with Crippen molar-refractivity contribution in [3.63, 3.8) is 0 Å². The Morgan fingerprint density at radius 2 is 2.09 bits per heavy atom. The Labute approximate surface area is 141 Å². The van der Waals surface area contributed by atoms with Crippen LogP contribution in [0.15, 0.2) is 12.1 Å². The topological polar surface area (TPSA) is 78.4 Å². The normalized spacial score (nSPS) is 30.3. The van der Waals surface area contributed by atoms with Crippen molar-refractivity contribution in [1.82, 2.24) is 15.1 Å². The summed E-state index contributed by atoms with van der Waals surface area (Å²) in [6.07, 6.45) is 1.12. The van der Waals surface area contributed by atoms with E-state index in [1.54, 1.807) is 11.0 Å². The lowest BCUT2D eigenvalue weighted by atomic mass is 9.77. The van der Waals surface area contributed by atoms with Gasteiger partial charge in [0.05, 0.1) is 0 Å². The van der Waals surface area contributed by atoms with Crippen LogP contribution < -0.4 is 5.32 Å². The van der Waals surface area contributed by atoms with Gasteiger partial charge in [-0.05, 0) is 42.2 Å². The first kappa shape index (κ1) is 16.3. The molecule has 1 aliphatic carbocycles. The fourth-order valence-corrected chi connectivity index (χ4v) is 4.48. The number of anilines is 1. The van der Waals surface area contributed by atoms with Crippen LogP contribution in [0.25, 0.3) is 0 Å². The summed E-state index contributed by atoms with van der Waals surface area (Å²) in [5.41, 5.74) is -0.0627. The molecule has 0 bridgehead atoms. The van der Waals surface area contributed by atoms with Gasteiger partial charge in [0.15, 0.2) is 5.15 Å². The van der Waals surface area contributed by atoms with E-state index in [2.05, 4.69) is 36.3 Å². The SMILES string of the molecule is CC(C)(C)C1[C@H]2C[C@H](Nc3ccc(Cl)nn3)C[C@H]2CN1C(=O)O. The molecule has 2 N–H and O–H groups in total. The van der Waals surface area contributed by atoms with Crippen LogP contribution in [0, 0.1) is 17.3 Å². The van der Waals surface area contributed by atoms with Crippen molar-refractivity contribution >= 4 is 23.5 Å². The summed E-state index contributed by atoms with van der Waals surface area (Å²) in [6.45, 7) is 7.01. The molecule has 1 saturated heterocycles. The maximum atomic E-state index is 11.6. The average molecular weight is 339 g/mol. The van der Waals surface area contributed by atoms with Gasteiger partial charge in [-0.3, -0.25) is 0 Å². The van der Waals surface area contributed by atoms with Crippen LogP contribution in [-0.2, 0) is 0 Å². The number of amides is 1. The lowest BCUT2D eigenvalue weighted by Gasteiger charge is -2.37. The number of aromatic nitrogens is 2. The zero-order valence-corrected chi connectivity index (χ0v) is 14.4. The van der Waals surface area contributed by atoms with Crippen LogP contribution in [0.2, 0.25) is 5.15 Å². The molecule has 2 fully saturated rings. The standard InChI is InChI=1S/C16H23ClN4O2/c1-16(2,3)14-11-7-10(6-9(11)8-21(14)15(22)23)18-13-5-4-12(17)19-20-13/h4-5,9-11,14H,6-8H2,1-3H3,(H,18,20)(H,22,23)/t9-,10+,11-,14?/m0/s1. The molecule has 2 aliphatic rings. The number of hydrogen-bond acceptors (Lipinski definition) is 4. The molecule has 2 heterocycles. The molecular weight excluding hydrogens is 316 g/mol. The third-order valence-electron chi connectivity index (χ3n) is 5.04. The number of rotatable bonds is 2. The second-order valence-corrected chi connectivity index (χ2v) is 8.11. The first-order valence-electron chi connectivity index (χ1n) is 8.01. The van der Waals surface area contributed by atoms with Crippen molar-refractivity contribution in [3.8, 4) is 0 Å². The van der Waals surface area contributed by atoms with Gasteiger partial charge in [-0.1, -0.05) is 32.4 Å². The minimum Gasteiger partial charge on any atom is -0.465 e. The Morgan fingerprint density at radius 3 is 2.65 bits per heavy atom. The van der Waals surface area contributed by atoms with Crippen LogP contribution in [0.1, 0.15) is 33.6 Å². The third-order valence-corrected chi connectivity index (χ3v) is 5.24. The van der Waals surface area contributed by atoms with Gasteiger partial charge in [-0.2, -0.15) is 0 Å². The highest BCUT2D eigenvalue weighted by Crippen LogP contribution is 2.48. The van der Waals surface area contributed by atoms with Crippen LogP contribution in [0.3, 0.4) is 0 Å². The first-order chi connectivity index (χ1) is 10.8. The highest BCUT2D eigenvalue weighted by Gasteiger charge is 2.52. The quantitative estimate of drug-likeness (QED) is 0.864. The molecule has 3 rings (SSSR count). The summed E-state index contributed by atoms with van der Waals surface area (Å²) < 4.78 is 0. The molecule has 6 nitrogen and oxygen atoms in total. The molecule has 0 radical (unpaired) electrons. The van der Waals surface area contributed by atoms with E-state index in [-0.39, 0.29) is 11.5 Å². The number of fused-ring (bicyclic) bond motifs is 1. The van der Waals surface area contributed by atoms with E-state index in [9.17, 15) is 9.90 Å². The van der Waals surface area contributed by atoms with Crippen molar-refractivity contribution in [3.05, 3.63) is 17.3 Å². The van der Waals surface area contributed by atoms with Crippen molar-refractivity contribution in [2.24, 2.45) is 17.3 Å². The molecule has 0 spiro atoms. The van der Waals surface area contributed by atoms with Gasteiger partial charge in [0.1, 0.15) is 5.82 Å². The summed E-state index contributed by atoms with van der Waals surface area (Å²) in [5, 5.41) is 21.2. The van der Waals surface area contributed by atoms with Crippen LogP contribution in [-0.4, -0.2) is 44.9 Å². The fraction of sp³-hybridized carbons (Fsp3) is 0.688. The Balaban J connectivity index is 1.71. The van der Waals surface area contributed by atoms with E-state index in [1.165, 1.54) is 0 Å². The predicted octanol–water partition coefficient (Wildman–Crippen LogP) is 3.35. The maximum absolute atomic E-state index is 11.6.